The highest BCUT2D eigenvalue weighted by molar-refractivity contribution is 6.22. The number of hydrogen-bond acceptors (Lipinski definition) is 4. The highest BCUT2D eigenvalue weighted by atomic mass is 16.3. The van der Waals surface area contributed by atoms with Crippen LogP contribution in [0.5, 0.6) is 0 Å². The lowest BCUT2D eigenvalue weighted by molar-refractivity contribution is 0.0652. The van der Waals surface area contributed by atoms with E-state index in [2.05, 4.69) is 5.32 Å². The molecule has 0 radical (unpaired) electrons. The summed E-state index contributed by atoms with van der Waals surface area (Å²) in [6, 6.07) is 8.39. The van der Waals surface area contributed by atoms with Crippen molar-refractivity contribution in [2.45, 2.75) is 45.6 Å². The van der Waals surface area contributed by atoms with E-state index in [-0.39, 0.29) is 23.8 Å². The van der Waals surface area contributed by atoms with E-state index < -0.39 is 0 Å². The number of unbranched alkanes of at least 4 members (excludes halogenated alkanes) is 1. The summed E-state index contributed by atoms with van der Waals surface area (Å²) in [5.74, 6) is 0.0353. The van der Waals surface area contributed by atoms with Crippen molar-refractivity contribution >= 4 is 17.7 Å². The molecule has 6 heteroatoms. The van der Waals surface area contributed by atoms with Crippen molar-refractivity contribution in [3.63, 3.8) is 0 Å². The van der Waals surface area contributed by atoms with Gasteiger partial charge in [-0.1, -0.05) is 13.3 Å². The van der Waals surface area contributed by atoms with Crippen LogP contribution >= 0.6 is 0 Å². The molecule has 1 aliphatic rings. The van der Waals surface area contributed by atoms with Crippen molar-refractivity contribution in [2.75, 3.05) is 6.54 Å². The number of furan rings is 1. The molecule has 1 aromatic carbocycles. The van der Waals surface area contributed by atoms with Crippen LogP contribution < -0.4 is 5.32 Å². The maximum atomic E-state index is 12.5. The van der Waals surface area contributed by atoms with Crippen molar-refractivity contribution in [1.82, 2.24) is 10.2 Å². The van der Waals surface area contributed by atoms with Crippen LogP contribution in [0.2, 0.25) is 0 Å². The van der Waals surface area contributed by atoms with Crippen LogP contribution in [-0.2, 0) is 6.42 Å². The molecule has 1 atom stereocenters. The van der Waals surface area contributed by atoms with E-state index in [1.165, 1.54) is 11.0 Å². The fourth-order valence-electron chi connectivity index (χ4n) is 3.14. The highest BCUT2D eigenvalue weighted by Gasteiger charge is 2.35. The number of imide groups is 1. The Hall–Kier alpha value is -2.89. The number of carbonyl (C=O) groups is 3. The molecule has 1 aromatic heterocycles. The number of hydrogen-bond donors (Lipinski definition) is 1. The molecule has 2 aromatic rings. The second-order valence-electron chi connectivity index (χ2n) is 6.87. The minimum atomic E-state index is -0.316. The fraction of sp³-hybridized carbons (Fsp3) is 0.381. The lowest BCUT2D eigenvalue weighted by atomic mass is 10.0. The summed E-state index contributed by atoms with van der Waals surface area (Å²) in [6.45, 7) is 4.34. The monoisotopic (exact) mass is 368 g/mol. The summed E-state index contributed by atoms with van der Waals surface area (Å²) in [7, 11) is 0. The van der Waals surface area contributed by atoms with Crippen LogP contribution in [0, 0.1) is 0 Å². The zero-order valence-corrected chi connectivity index (χ0v) is 15.7. The Morgan fingerprint density at radius 1 is 1.19 bits per heavy atom. The second kappa shape index (κ2) is 8.20. The van der Waals surface area contributed by atoms with E-state index in [1.54, 1.807) is 18.4 Å². The predicted molar refractivity (Wildman–Crippen MR) is 101 cm³/mol. The van der Waals surface area contributed by atoms with E-state index in [0.717, 1.165) is 31.4 Å². The average molecular weight is 368 g/mol. The van der Waals surface area contributed by atoms with Crippen LogP contribution in [0.25, 0.3) is 0 Å². The van der Waals surface area contributed by atoms with Crippen LogP contribution in [0.3, 0.4) is 0 Å². The summed E-state index contributed by atoms with van der Waals surface area (Å²) >= 11 is 0. The summed E-state index contributed by atoms with van der Waals surface area (Å²) in [6.07, 6.45) is 4.78. The molecule has 1 aliphatic heterocycles. The van der Waals surface area contributed by atoms with Crippen molar-refractivity contribution in [3.8, 4) is 0 Å². The number of amides is 3. The van der Waals surface area contributed by atoms with Crippen LogP contribution in [0.15, 0.2) is 41.0 Å². The molecule has 1 N–H and O–H groups in total. The molecule has 0 saturated heterocycles. The molecule has 6 nitrogen and oxygen atoms in total. The molecule has 0 aliphatic carbocycles. The SMILES string of the molecule is CCCCN1C(=O)c2ccc(C(=O)NC(C)CCc3ccco3)cc2C1=O. The minimum absolute atomic E-state index is 0.0470. The van der Waals surface area contributed by atoms with E-state index in [9.17, 15) is 14.4 Å². The van der Waals surface area contributed by atoms with Gasteiger partial charge in [-0.05, 0) is 50.1 Å². The fourth-order valence-corrected chi connectivity index (χ4v) is 3.14. The molecule has 1 unspecified atom stereocenters. The lowest BCUT2D eigenvalue weighted by Gasteiger charge is -2.13. The Bertz CT molecular complexity index is 842. The number of rotatable bonds is 8. The smallest absolute Gasteiger partial charge is 0.261 e. The molecule has 0 bridgehead atoms. The Labute approximate surface area is 158 Å². The second-order valence-corrected chi connectivity index (χ2v) is 6.87. The first-order chi connectivity index (χ1) is 13.0. The maximum absolute atomic E-state index is 12.5. The molecule has 2 heterocycles. The maximum Gasteiger partial charge on any atom is 0.261 e. The number of nitrogens with one attached hydrogen (secondary N) is 1. The molecule has 3 rings (SSSR count). The standard InChI is InChI=1S/C21H24N2O4/c1-3-4-11-23-20(25)17-10-8-15(13-18(17)21(23)26)19(24)22-14(2)7-9-16-6-5-12-27-16/h5-6,8,10,12-14H,3-4,7,9,11H2,1-2H3,(H,22,24). The first-order valence-electron chi connectivity index (χ1n) is 9.34. The zero-order valence-electron chi connectivity index (χ0n) is 15.7. The van der Waals surface area contributed by atoms with Gasteiger partial charge in [0.05, 0.1) is 17.4 Å². The van der Waals surface area contributed by atoms with Crippen LogP contribution in [0.1, 0.15) is 69.9 Å². The number of carbonyl (C=O) groups excluding carboxylic acids is 3. The van der Waals surface area contributed by atoms with Crippen molar-refractivity contribution in [2.24, 2.45) is 0 Å². The molecule has 142 valence electrons. The summed E-state index contributed by atoms with van der Waals surface area (Å²) < 4.78 is 5.30. The molecule has 27 heavy (non-hydrogen) atoms. The quantitative estimate of drug-likeness (QED) is 0.724. The van der Waals surface area contributed by atoms with Gasteiger partial charge in [-0.15, -0.1) is 0 Å². The number of nitrogens with zero attached hydrogens (tertiary/aromatic N) is 1. The third-order valence-corrected chi connectivity index (χ3v) is 4.75. The number of benzene rings is 1. The van der Waals surface area contributed by atoms with Gasteiger partial charge in [-0.2, -0.15) is 0 Å². The van der Waals surface area contributed by atoms with E-state index in [1.807, 2.05) is 26.0 Å². The van der Waals surface area contributed by atoms with E-state index in [4.69, 9.17) is 4.42 Å². The molecular weight excluding hydrogens is 344 g/mol. The Morgan fingerprint density at radius 2 is 1.96 bits per heavy atom. The average Bonchev–Trinajstić information content (AvgIpc) is 3.26. The molecule has 3 amide bonds. The van der Waals surface area contributed by atoms with Gasteiger partial charge in [0.15, 0.2) is 0 Å². The van der Waals surface area contributed by atoms with Gasteiger partial charge in [-0.3, -0.25) is 19.3 Å². The normalized spacial score (nSPS) is 14.4. The molecule has 0 saturated carbocycles. The molecular formula is C21H24N2O4. The van der Waals surface area contributed by atoms with Gasteiger partial charge in [0.25, 0.3) is 17.7 Å². The van der Waals surface area contributed by atoms with E-state index in [0.29, 0.717) is 23.2 Å². The predicted octanol–water partition coefficient (Wildman–Crippen LogP) is 3.43. The van der Waals surface area contributed by atoms with Gasteiger partial charge < -0.3 is 9.73 Å². The minimum Gasteiger partial charge on any atom is -0.469 e. The highest BCUT2D eigenvalue weighted by Crippen LogP contribution is 2.24. The number of aryl methyl sites for hydroxylation is 1. The summed E-state index contributed by atoms with van der Waals surface area (Å²) in [5, 5.41) is 2.93. The lowest BCUT2D eigenvalue weighted by Crippen LogP contribution is -2.33. The third-order valence-electron chi connectivity index (χ3n) is 4.75. The molecule has 0 spiro atoms. The van der Waals surface area contributed by atoms with Crippen LogP contribution in [0.4, 0.5) is 0 Å². The third kappa shape index (κ3) is 4.10. The zero-order chi connectivity index (χ0) is 19.4. The van der Waals surface area contributed by atoms with Crippen molar-refractivity contribution in [1.29, 1.82) is 0 Å². The topological polar surface area (TPSA) is 79.6 Å². The first kappa shape index (κ1) is 18.9. The number of fused-ring (bicyclic) bond motifs is 1. The first-order valence-corrected chi connectivity index (χ1v) is 9.34. The van der Waals surface area contributed by atoms with Gasteiger partial charge >= 0.3 is 0 Å². The molecule has 0 fully saturated rings. The van der Waals surface area contributed by atoms with E-state index >= 15 is 0 Å². The summed E-state index contributed by atoms with van der Waals surface area (Å²) in [4.78, 5) is 38.7. The largest absolute Gasteiger partial charge is 0.469 e. The Kier molecular flexibility index (Phi) is 5.74. The van der Waals surface area contributed by atoms with Crippen LogP contribution in [-0.4, -0.2) is 35.2 Å². The van der Waals surface area contributed by atoms with Gasteiger partial charge in [0, 0.05) is 24.6 Å². The van der Waals surface area contributed by atoms with Gasteiger partial charge in [0.2, 0.25) is 0 Å². The van der Waals surface area contributed by atoms with Gasteiger partial charge in [0.1, 0.15) is 5.76 Å². The Morgan fingerprint density at radius 3 is 2.67 bits per heavy atom. The summed E-state index contributed by atoms with van der Waals surface area (Å²) in [5.41, 5.74) is 1.07. The Balaban J connectivity index is 1.65. The van der Waals surface area contributed by atoms with Crippen molar-refractivity contribution in [3.05, 3.63) is 59.0 Å². The van der Waals surface area contributed by atoms with Gasteiger partial charge in [-0.25, -0.2) is 0 Å². The van der Waals surface area contributed by atoms with Crippen molar-refractivity contribution < 1.29 is 18.8 Å².